The second-order valence-corrected chi connectivity index (χ2v) is 5.86. The molecule has 6 nitrogen and oxygen atoms in total. The molecule has 0 unspecified atom stereocenters. The summed E-state index contributed by atoms with van der Waals surface area (Å²) in [4.78, 5) is 23.9. The number of hydrogen-bond acceptors (Lipinski definition) is 4. The molecule has 25 heavy (non-hydrogen) atoms. The molecular formula is C18H19ClN2O4. The van der Waals surface area contributed by atoms with E-state index < -0.39 is 24.0 Å². The first-order chi connectivity index (χ1) is 11.9. The summed E-state index contributed by atoms with van der Waals surface area (Å²) < 4.78 is 5.07. The second kappa shape index (κ2) is 8.50. The lowest BCUT2D eigenvalue weighted by Crippen LogP contribution is -2.47. The van der Waals surface area contributed by atoms with E-state index in [9.17, 15) is 14.7 Å². The van der Waals surface area contributed by atoms with E-state index in [4.69, 9.17) is 22.1 Å². The number of nitrogens with one attached hydrogen (secondary N) is 1. The first-order valence-electron chi connectivity index (χ1n) is 7.57. The molecule has 4 N–H and O–H groups in total. The fourth-order valence-electron chi connectivity index (χ4n) is 2.33. The fourth-order valence-corrected chi connectivity index (χ4v) is 2.61. The number of methoxy groups -OCH3 is 1. The molecule has 0 saturated carbocycles. The van der Waals surface area contributed by atoms with Gasteiger partial charge in [0.05, 0.1) is 12.1 Å². The van der Waals surface area contributed by atoms with Gasteiger partial charge in [0.1, 0.15) is 11.8 Å². The highest BCUT2D eigenvalue weighted by molar-refractivity contribution is 6.32. The number of nitrogens with two attached hydrogens (primary N) is 1. The van der Waals surface area contributed by atoms with Crippen molar-refractivity contribution in [3.05, 3.63) is 64.7 Å². The molecular weight excluding hydrogens is 344 g/mol. The number of ether oxygens (including phenoxy) is 1. The van der Waals surface area contributed by atoms with Gasteiger partial charge in [-0.15, -0.1) is 0 Å². The van der Waals surface area contributed by atoms with Crippen LogP contribution in [0.1, 0.15) is 17.2 Å². The highest BCUT2D eigenvalue weighted by Crippen LogP contribution is 2.25. The summed E-state index contributed by atoms with van der Waals surface area (Å²) in [6.45, 7) is 0. The number of rotatable bonds is 7. The topological polar surface area (TPSA) is 102 Å². The number of hydrogen-bond donors (Lipinski definition) is 3. The number of aliphatic hydroxyl groups excluding tert-OH is 1. The van der Waals surface area contributed by atoms with Crippen molar-refractivity contribution in [1.82, 2.24) is 5.32 Å². The quantitative estimate of drug-likeness (QED) is 0.696. The average Bonchev–Trinajstić information content (AvgIpc) is 2.61. The second-order valence-electron chi connectivity index (χ2n) is 5.45. The third-order valence-corrected chi connectivity index (χ3v) is 3.97. The van der Waals surface area contributed by atoms with Crippen molar-refractivity contribution in [1.29, 1.82) is 0 Å². The van der Waals surface area contributed by atoms with Gasteiger partial charge in [-0.25, -0.2) is 0 Å². The number of carbonyl (C=O) groups excluding carboxylic acids is 2. The maximum Gasteiger partial charge on any atom is 0.254 e. The highest BCUT2D eigenvalue weighted by atomic mass is 35.5. The van der Waals surface area contributed by atoms with Crippen LogP contribution < -0.4 is 15.8 Å². The molecule has 0 heterocycles. The Balaban J connectivity index is 2.09. The molecule has 0 bridgehead atoms. The van der Waals surface area contributed by atoms with Crippen LogP contribution in [0.3, 0.4) is 0 Å². The summed E-state index contributed by atoms with van der Waals surface area (Å²) in [7, 11) is 1.50. The summed E-state index contributed by atoms with van der Waals surface area (Å²) in [6, 6.07) is 12.5. The summed E-state index contributed by atoms with van der Waals surface area (Å²) >= 11 is 6.06. The normalized spacial score (nSPS) is 12.9. The van der Waals surface area contributed by atoms with Gasteiger partial charge in [0.25, 0.3) is 5.91 Å². The molecule has 0 saturated heterocycles. The van der Waals surface area contributed by atoms with Crippen LogP contribution in [-0.2, 0) is 16.0 Å². The summed E-state index contributed by atoms with van der Waals surface area (Å²) in [5.41, 5.74) is 6.50. The van der Waals surface area contributed by atoms with Gasteiger partial charge < -0.3 is 20.9 Å². The average molecular weight is 363 g/mol. The van der Waals surface area contributed by atoms with Crippen molar-refractivity contribution in [2.45, 2.75) is 18.6 Å². The third kappa shape index (κ3) is 4.95. The van der Waals surface area contributed by atoms with Crippen molar-refractivity contribution in [3.63, 3.8) is 0 Å². The molecule has 2 rings (SSSR count). The van der Waals surface area contributed by atoms with E-state index in [1.54, 1.807) is 48.5 Å². The summed E-state index contributed by atoms with van der Waals surface area (Å²) in [6.07, 6.45) is -1.24. The molecule has 7 heteroatoms. The number of primary amides is 1. The smallest absolute Gasteiger partial charge is 0.254 e. The Morgan fingerprint density at radius 1 is 1.24 bits per heavy atom. The third-order valence-electron chi connectivity index (χ3n) is 3.68. The van der Waals surface area contributed by atoms with Gasteiger partial charge >= 0.3 is 0 Å². The highest BCUT2D eigenvalue weighted by Gasteiger charge is 2.24. The number of benzene rings is 2. The van der Waals surface area contributed by atoms with Crippen LogP contribution >= 0.6 is 11.6 Å². The monoisotopic (exact) mass is 362 g/mol. The molecule has 0 spiro atoms. The standard InChI is InChI=1S/C18H19ClN2O4/c1-25-15-8-7-11(9-13(15)19)10-14(17(20)23)21-18(24)16(22)12-5-3-2-4-6-12/h2-9,14,16,22H,10H2,1H3,(H2,20,23)(H,21,24)/t14-,16+/m1/s1. The lowest BCUT2D eigenvalue weighted by molar-refractivity contribution is -0.133. The van der Waals surface area contributed by atoms with Crippen LogP contribution in [0.4, 0.5) is 0 Å². The lowest BCUT2D eigenvalue weighted by atomic mass is 10.0. The van der Waals surface area contributed by atoms with Crippen molar-refractivity contribution in [2.24, 2.45) is 5.73 Å². The van der Waals surface area contributed by atoms with Crippen molar-refractivity contribution in [3.8, 4) is 5.75 Å². The first kappa shape index (κ1) is 18.8. The minimum atomic E-state index is -1.39. The molecule has 132 valence electrons. The summed E-state index contributed by atoms with van der Waals surface area (Å²) in [5, 5.41) is 13.0. The zero-order chi connectivity index (χ0) is 18.4. The van der Waals surface area contributed by atoms with Gasteiger partial charge in [-0.2, -0.15) is 0 Å². The predicted molar refractivity (Wildman–Crippen MR) is 94.2 cm³/mol. The van der Waals surface area contributed by atoms with Crippen LogP contribution in [0.5, 0.6) is 5.75 Å². The maximum atomic E-state index is 12.2. The minimum Gasteiger partial charge on any atom is -0.495 e. The van der Waals surface area contributed by atoms with Crippen molar-refractivity contribution in [2.75, 3.05) is 7.11 Å². The largest absolute Gasteiger partial charge is 0.495 e. The van der Waals surface area contributed by atoms with Gasteiger partial charge in [0.15, 0.2) is 6.10 Å². The van der Waals surface area contributed by atoms with E-state index in [1.165, 1.54) is 7.11 Å². The van der Waals surface area contributed by atoms with Crippen LogP contribution in [0.25, 0.3) is 0 Å². The van der Waals surface area contributed by atoms with E-state index in [-0.39, 0.29) is 6.42 Å². The predicted octanol–water partition coefficient (Wildman–Crippen LogP) is 1.59. The van der Waals surface area contributed by atoms with Crippen LogP contribution in [-0.4, -0.2) is 30.1 Å². The van der Waals surface area contributed by atoms with E-state index in [0.29, 0.717) is 21.9 Å². The first-order valence-corrected chi connectivity index (χ1v) is 7.95. The molecule has 0 aliphatic rings. The molecule has 0 radical (unpaired) electrons. The van der Waals surface area contributed by atoms with Crippen molar-refractivity contribution >= 4 is 23.4 Å². The number of aliphatic hydroxyl groups is 1. The maximum absolute atomic E-state index is 12.2. The summed E-state index contributed by atoms with van der Waals surface area (Å²) in [5.74, 6) is -0.903. The van der Waals surface area contributed by atoms with Crippen LogP contribution in [0, 0.1) is 0 Å². The van der Waals surface area contributed by atoms with Gasteiger partial charge in [0, 0.05) is 6.42 Å². The molecule has 0 aliphatic carbocycles. The van der Waals surface area contributed by atoms with E-state index >= 15 is 0 Å². The fraction of sp³-hybridized carbons (Fsp3) is 0.222. The van der Waals surface area contributed by atoms with Crippen LogP contribution in [0.15, 0.2) is 48.5 Å². The molecule has 0 fully saturated rings. The molecule has 2 aromatic rings. The minimum absolute atomic E-state index is 0.145. The number of carbonyl (C=O) groups is 2. The molecule has 2 amide bonds. The van der Waals surface area contributed by atoms with Gasteiger partial charge in [-0.05, 0) is 23.3 Å². The Labute approximate surface area is 150 Å². The Hall–Kier alpha value is -2.57. The zero-order valence-electron chi connectivity index (χ0n) is 13.6. The molecule has 0 aliphatic heterocycles. The zero-order valence-corrected chi connectivity index (χ0v) is 14.4. The number of halogens is 1. The van der Waals surface area contributed by atoms with Gasteiger partial charge in [-0.3, -0.25) is 9.59 Å². The van der Waals surface area contributed by atoms with Crippen LogP contribution in [0.2, 0.25) is 5.02 Å². The lowest BCUT2D eigenvalue weighted by Gasteiger charge is -2.18. The molecule has 2 aromatic carbocycles. The van der Waals surface area contributed by atoms with E-state index in [1.807, 2.05) is 0 Å². The Bertz CT molecular complexity index is 752. The Morgan fingerprint density at radius 2 is 1.92 bits per heavy atom. The van der Waals surface area contributed by atoms with Gasteiger partial charge in [-0.1, -0.05) is 48.0 Å². The molecule has 0 aromatic heterocycles. The Kier molecular flexibility index (Phi) is 6.38. The van der Waals surface area contributed by atoms with Gasteiger partial charge in [0.2, 0.25) is 5.91 Å². The SMILES string of the molecule is COc1ccc(C[C@@H](NC(=O)[C@@H](O)c2ccccc2)C(N)=O)cc1Cl. The van der Waals surface area contributed by atoms with Crippen molar-refractivity contribution < 1.29 is 19.4 Å². The Morgan fingerprint density at radius 3 is 2.48 bits per heavy atom. The van der Waals surface area contributed by atoms with E-state index in [2.05, 4.69) is 5.32 Å². The van der Waals surface area contributed by atoms with E-state index in [0.717, 1.165) is 0 Å². The molecule has 2 atom stereocenters. The number of amides is 2.